The highest BCUT2D eigenvalue weighted by atomic mass is 79.9. The first-order valence-corrected chi connectivity index (χ1v) is 10.6. The Morgan fingerprint density at radius 2 is 1.71 bits per heavy atom. The Balaban J connectivity index is 2.14. The van der Waals surface area contributed by atoms with Gasteiger partial charge in [0.15, 0.2) is 6.61 Å². The highest BCUT2D eigenvalue weighted by Gasteiger charge is 2.26. The van der Waals surface area contributed by atoms with Crippen LogP contribution in [0.15, 0.2) is 57.5 Å². The summed E-state index contributed by atoms with van der Waals surface area (Å²) >= 11 is 6.81. The molecule has 2 aromatic rings. The molecular formula is C21H24Br2N2O3. The van der Waals surface area contributed by atoms with Crippen molar-refractivity contribution < 1.29 is 14.3 Å². The predicted molar refractivity (Wildman–Crippen MR) is 117 cm³/mol. The third kappa shape index (κ3) is 6.95. The van der Waals surface area contributed by atoms with E-state index in [1.54, 1.807) is 24.0 Å². The van der Waals surface area contributed by atoms with Crippen LogP contribution in [-0.4, -0.2) is 35.4 Å². The SMILES string of the molecule is CC(C)NC(=O)C(C)N(Cc1cccc(Br)c1)C(=O)COc1ccc(Br)cc1. The summed E-state index contributed by atoms with van der Waals surface area (Å²) in [6.45, 7) is 5.68. The maximum absolute atomic E-state index is 12.9. The van der Waals surface area contributed by atoms with Crippen LogP contribution in [0.3, 0.4) is 0 Å². The van der Waals surface area contributed by atoms with Gasteiger partial charge in [-0.2, -0.15) is 0 Å². The molecule has 28 heavy (non-hydrogen) atoms. The van der Waals surface area contributed by atoms with E-state index in [4.69, 9.17) is 4.74 Å². The number of nitrogens with one attached hydrogen (secondary N) is 1. The lowest BCUT2D eigenvalue weighted by Gasteiger charge is -2.29. The van der Waals surface area contributed by atoms with Gasteiger partial charge in [0.1, 0.15) is 11.8 Å². The molecule has 150 valence electrons. The fourth-order valence-corrected chi connectivity index (χ4v) is 3.29. The van der Waals surface area contributed by atoms with Gasteiger partial charge in [0.25, 0.3) is 5.91 Å². The van der Waals surface area contributed by atoms with E-state index in [1.807, 2.05) is 50.2 Å². The summed E-state index contributed by atoms with van der Waals surface area (Å²) in [4.78, 5) is 27.0. The summed E-state index contributed by atoms with van der Waals surface area (Å²) in [7, 11) is 0. The maximum Gasteiger partial charge on any atom is 0.261 e. The molecule has 0 radical (unpaired) electrons. The number of hydrogen-bond acceptors (Lipinski definition) is 3. The summed E-state index contributed by atoms with van der Waals surface area (Å²) in [5.74, 6) is 0.148. The lowest BCUT2D eigenvalue weighted by molar-refractivity contribution is -0.142. The Bertz CT molecular complexity index is 810. The highest BCUT2D eigenvalue weighted by Crippen LogP contribution is 2.18. The number of hydrogen-bond donors (Lipinski definition) is 1. The molecule has 2 aromatic carbocycles. The van der Waals surface area contributed by atoms with Gasteiger partial charge in [0, 0.05) is 21.5 Å². The Morgan fingerprint density at radius 1 is 1.04 bits per heavy atom. The minimum Gasteiger partial charge on any atom is -0.484 e. The van der Waals surface area contributed by atoms with Gasteiger partial charge in [-0.05, 0) is 62.7 Å². The van der Waals surface area contributed by atoms with Crippen LogP contribution < -0.4 is 10.1 Å². The largest absolute Gasteiger partial charge is 0.484 e. The fourth-order valence-electron chi connectivity index (χ4n) is 2.58. The molecule has 0 aromatic heterocycles. The van der Waals surface area contributed by atoms with Gasteiger partial charge in [-0.3, -0.25) is 9.59 Å². The minimum atomic E-state index is -0.623. The molecule has 1 unspecified atom stereocenters. The first kappa shape index (κ1) is 22.4. The first-order chi connectivity index (χ1) is 13.3. The molecule has 0 aliphatic carbocycles. The number of halogens is 2. The molecule has 7 heteroatoms. The number of rotatable bonds is 8. The van der Waals surface area contributed by atoms with E-state index in [1.165, 1.54) is 0 Å². The molecule has 0 aliphatic heterocycles. The average molecular weight is 512 g/mol. The number of ether oxygens (including phenoxy) is 1. The van der Waals surface area contributed by atoms with Crippen LogP contribution in [0.25, 0.3) is 0 Å². The van der Waals surface area contributed by atoms with Crippen molar-refractivity contribution in [3.05, 3.63) is 63.0 Å². The fraction of sp³-hybridized carbons (Fsp3) is 0.333. The third-order valence-electron chi connectivity index (χ3n) is 4.02. The molecule has 0 bridgehead atoms. The predicted octanol–water partition coefficient (Wildman–Crippen LogP) is 4.53. The number of amides is 2. The van der Waals surface area contributed by atoms with E-state index in [0.717, 1.165) is 14.5 Å². The van der Waals surface area contributed by atoms with Gasteiger partial charge >= 0.3 is 0 Å². The molecule has 0 saturated heterocycles. The monoisotopic (exact) mass is 510 g/mol. The van der Waals surface area contributed by atoms with Gasteiger partial charge in [0.05, 0.1) is 0 Å². The van der Waals surface area contributed by atoms with Crippen molar-refractivity contribution in [2.45, 2.75) is 39.4 Å². The summed E-state index contributed by atoms with van der Waals surface area (Å²) < 4.78 is 7.47. The van der Waals surface area contributed by atoms with Crippen molar-refractivity contribution in [3.8, 4) is 5.75 Å². The number of carbonyl (C=O) groups is 2. The van der Waals surface area contributed by atoms with E-state index < -0.39 is 6.04 Å². The number of carbonyl (C=O) groups excluding carboxylic acids is 2. The van der Waals surface area contributed by atoms with Gasteiger partial charge in [0.2, 0.25) is 5.91 Å². The normalized spacial score (nSPS) is 11.8. The van der Waals surface area contributed by atoms with Crippen LogP contribution in [0.1, 0.15) is 26.3 Å². The zero-order chi connectivity index (χ0) is 20.7. The van der Waals surface area contributed by atoms with Crippen LogP contribution in [0.2, 0.25) is 0 Å². The van der Waals surface area contributed by atoms with Crippen molar-refractivity contribution >= 4 is 43.7 Å². The van der Waals surface area contributed by atoms with Crippen LogP contribution in [-0.2, 0) is 16.1 Å². The van der Waals surface area contributed by atoms with E-state index in [2.05, 4.69) is 37.2 Å². The quantitative estimate of drug-likeness (QED) is 0.566. The molecule has 2 amide bonds. The smallest absolute Gasteiger partial charge is 0.261 e. The number of benzene rings is 2. The van der Waals surface area contributed by atoms with E-state index in [0.29, 0.717) is 12.3 Å². The van der Waals surface area contributed by atoms with Gasteiger partial charge in [-0.15, -0.1) is 0 Å². The number of nitrogens with zero attached hydrogens (tertiary/aromatic N) is 1. The van der Waals surface area contributed by atoms with Crippen LogP contribution >= 0.6 is 31.9 Å². The Morgan fingerprint density at radius 3 is 2.32 bits per heavy atom. The van der Waals surface area contributed by atoms with Crippen molar-refractivity contribution in [2.24, 2.45) is 0 Å². The Kier molecular flexibility index (Phi) is 8.51. The van der Waals surface area contributed by atoms with E-state index in [-0.39, 0.29) is 24.5 Å². The molecule has 0 fully saturated rings. The average Bonchev–Trinajstić information content (AvgIpc) is 2.64. The molecule has 5 nitrogen and oxygen atoms in total. The second-order valence-corrected chi connectivity index (χ2v) is 8.56. The van der Waals surface area contributed by atoms with Crippen LogP contribution in [0, 0.1) is 0 Å². The van der Waals surface area contributed by atoms with Crippen molar-refractivity contribution in [2.75, 3.05) is 6.61 Å². The first-order valence-electron chi connectivity index (χ1n) is 8.99. The zero-order valence-electron chi connectivity index (χ0n) is 16.1. The Hall–Kier alpha value is -1.86. The van der Waals surface area contributed by atoms with E-state index >= 15 is 0 Å². The second-order valence-electron chi connectivity index (χ2n) is 6.73. The molecule has 0 heterocycles. The van der Waals surface area contributed by atoms with Crippen molar-refractivity contribution in [1.82, 2.24) is 10.2 Å². The standard InChI is InChI=1S/C21H24Br2N2O3/c1-14(2)24-21(27)15(3)25(12-16-5-4-6-18(23)11-16)20(26)13-28-19-9-7-17(22)8-10-19/h4-11,14-15H,12-13H2,1-3H3,(H,24,27). The highest BCUT2D eigenvalue weighted by molar-refractivity contribution is 9.10. The molecule has 1 atom stereocenters. The molecule has 0 spiro atoms. The summed E-state index contributed by atoms with van der Waals surface area (Å²) in [5, 5.41) is 2.87. The van der Waals surface area contributed by atoms with Crippen LogP contribution in [0.5, 0.6) is 5.75 Å². The summed E-state index contributed by atoms with van der Waals surface area (Å²) in [6.07, 6.45) is 0. The van der Waals surface area contributed by atoms with Gasteiger partial charge < -0.3 is 15.0 Å². The zero-order valence-corrected chi connectivity index (χ0v) is 19.3. The molecule has 0 saturated carbocycles. The van der Waals surface area contributed by atoms with Gasteiger partial charge in [-0.1, -0.05) is 44.0 Å². The lowest BCUT2D eigenvalue weighted by atomic mass is 10.1. The second kappa shape index (κ2) is 10.6. The van der Waals surface area contributed by atoms with Crippen molar-refractivity contribution in [1.29, 1.82) is 0 Å². The minimum absolute atomic E-state index is 0.00297. The molecule has 0 aliphatic rings. The van der Waals surface area contributed by atoms with Crippen molar-refractivity contribution in [3.63, 3.8) is 0 Å². The molecular weight excluding hydrogens is 488 g/mol. The molecule has 2 rings (SSSR count). The Labute approximate surface area is 182 Å². The van der Waals surface area contributed by atoms with Gasteiger partial charge in [-0.25, -0.2) is 0 Å². The topological polar surface area (TPSA) is 58.6 Å². The molecule has 1 N–H and O–H groups in total. The summed E-state index contributed by atoms with van der Waals surface area (Å²) in [6, 6.07) is 14.3. The van der Waals surface area contributed by atoms with Crippen LogP contribution in [0.4, 0.5) is 0 Å². The van der Waals surface area contributed by atoms with E-state index in [9.17, 15) is 9.59 Å². The maximum atomic E-state index is 12.9. The third-order valence-corrected chi connectivity index (χ3v) is 5.04. The summed E-state index contributed by atoms with van der Waals surface area (Å²) in [5.41, 5.74) is 0.926. The lowest BCUT2D eigenvalue weighted by Crippen LogP contribution is -2.50.